The zero-order valence-corrected chi connectivity index (χ0v) is 8.91. The van der Waals surface area contributed by atoms with E-state index in [1.807, 2.05) is 0 Å². The van der Waals surface area contributed by atoms with Gasteiger partial charge in [-0.15, -0.1) is 12.6 Å². The molecule has 0 aliphatic heterocycles. The second kappa shape index (κ2) is 3.92. The molecular weight excluding hydrogens is 200 g/mol. The van der Waals surface area contributed by atoms with E-state index in [1.165, 1.54) is 13.8 Å². The molecule has 0 unspecified atom stereocenters. The van der Waals surface area contributed by atoms with Crippen LogP contribution in [0.5, 0.6) is 5.75 Å². The third kappa shape index (κ3) is 2.67. The lowest BCUT2D eigenvalue weighted by Gasteiger charge is -2.21. The van der Waals surface area contributed by atoms with Crippen LogP contribution in [0, 0.1) is 0 Å². The summed E-state index contributed by atoms with van der Waals surface area (Å²) in [6, 6.07) is 6.87. The molecule has 76 valence electrons. The van der Waals surface area contributed by atoms with Crippen LogP contribution in [0.1, 0.15) is 13.8 Å². The Hall–Kier alpha value is -1.16. The second-order valence-corrected chi connectivity index (χ2v) is 3.93. The van der Waals surface area contributed by atoms with Crippen molar-refractivity contribution in [1.82, 2.24) is 0 Å². The van der Waals surface area contributed by atoms with Gasteiger partial charge in [0.05, 0.1) is 0 Å². The van der Waals surface area contributed by atoms with Crippen molar-refractivity contribution in [3.8, 4) is 5.75 Å². The van der Waals surface area contributed by atoms with Gasteiger partial charge in [0, 0.05) is 4.90 Å². The first-order valence-electron chi connectivity index (χ1n) is 4.13. The van der Waals surface area contributed by atoms with Crippen molar-refractivity contribution in [2.24, 2.45) is 0 Å². The van der Waals surface area contributed by atoms with Crippen LogP contribution in [0.25, 0.3) is 0 Å². The molecule has 3 nitrogen and oxygen atoms in total. The number of aliphatic carboxylic acids is 1. The van der Waals surface area contributed by atoms with Crippen molar-refractivity contribution >= 4 is 18.6 Å². The lowest BCUT2D eigenvalue weighted by Crippen LogP contribution is -2.37. The third-order valence-corrected chi connectivity index (χ3v) is 2.02. The van der Waals surface area contributed by atoms with Crippen molar-refractivity contribution in [1.29, 1.82) is 0 Å². The molecule has 0 fully saturated rings. The van der Waals surface area contributed by atoms with Crippen molar-refractivity contribution < 1.29 is 14.6 Å². The molecular formula is C10H12O3S. The number of hydrogen-bond donors (Lipinski definition) is 2. The summed E-state index contributed by atoms with van der Waals surface area (Å²) in [4.78, 5) is 11.6. The van der Waals surface area contributed by atoms with Gasteiger partial charge in [-0.25, -0.2) is 4.79 Å². The van der Waals surface area contributed by atoms with Crippen LogP contribution in [-0.4, -0.2) is 16.7 Å². The number of carbonyl (C=O) groups is 1. The van der Waals surface area contributed by atoms with Gasteiger partial charge < -0.3 is 9.84 Å². The molecule has 1 aromatic carbocycles. The number of carboxylic acids is 1. The number of benzene rings is 1. The normalized spacial score (nSPS) is 11.1. The maximum Gasteiger partial charge on any atom is 0.347 e. The van der Waals surface area contributed by atoms with Gasteiger partial charge in [-0.05, 0) is 38.1 Å². The van der Waals surface area contributed by atoms with E-state index in [4.69, 9.17) is 9.84 Å². The summed E-state index contributed by atoms with van der Waals surface area (Å²) >= 11 is 4.11. The van der Waals surface area contributed by atoms with Crippen LogP contribution >= 0.6 is 12.6 Å². The van der Waals surface area contributed by atoms with Gasteiger partial charge in [0.2, 0.25) is 0 Å². The number of ether oxygens (including phenoxy) is 1. The van der Waals surface area contributed by atoms with Gasteiger partial charge in [0.25, 0.3) is 0 Å². The maximum absolute atomic E-state index is 10.8. The molecule has 14 heavy (non-hydrogen) atoms. The topological polar surface area (TPSA) is 46.5 Å². The smallest absolute Gasteiger partial charge is 0.347 e. The summed E-state index contributed by atoms with van der Waals surface area (Å²) in [5, 5.41) is 8.82. The number of thiol groups is 1. The van der Waals surface area contributed by atoms with E-state index in [9.17, 15) is 4.79 Å². The number of hydrogen-bond acceptors (Lipinski definition) is 3. The summed E-state index contributed by atoms with van der Waals surface area (Å²) in [5.74, 6) is -0.470. The molecule has 1 aromatic rings. The zero-order valence-electron chi connectivity index (χ0n) is 8.02. The first kappa shape index (κ1) is 10.9. The summed E-state index contributed by atoms with van der Waals surface area (Å²) in [6.45, 7) is 3.01. The van der Waals surface area contributed by atoms with Gasteiger partial charge in [-0.2, -0.15) is 0 Å². The Kier molecular flexibility index (Phi) is 3.06. The van der Waals surface area contributed by atoms with Crippen LogP contribution in [0.2, 0.25) is 0 Å². The Morgan fingerprint density at radius 1 is 1.36 bits per heavy atom. The molecule has 0 amide bonds. The Bertz CT molecular complexity index is 330. The molecule has 0 heterocycles. The van der Waals surface area contributed by atoms with Gasteiger partial charge in [-0.3, -0.25) is 0 Å². The Balaban J connectivity index is 2.79. The van der Waals surface area contributed by atoms with Crippen LogP contribution in [-0.2, 0) is 4.79 Å². The molecule has 0 aliphatic rings. The molecule has 0 radical (unpaired) electrons. The average molecular weight is 212 g/mol. The second-order valence-electron chi connectivity index (χ2n) is 3.41. The van der Waals surface area contributed by atoms with Crippen LogP contribution in [0.15, 0.2) is 29.2 Å². The van der Waals surface area contributed by atoms with Crippen molar-refractivity contribution in [3.05, 3.63) is 24.3 Å². The van der Waals surface area contributed by atoms with E-state index in [2.05, 4.69) is 12.6 Å². The first-order chi connectivity index (χ1) is 6.42. The van der Waals surface area contributed by atoms with Crippen molar-refractivity contribution in [3.63, 3.8) is 0 Å². The molecule has 0 bridgehead atoms. The lowest BCUT2D eigenvalue weighted by molar-refractivity contribution is -0.152. The zero-order chi connectivity index (χ0) is 10.8. The standard InChI is InChI=1S/C10H12O3S/c1-10(2,9(11)12)13-7-3-5-8(14)6-4-7/h3-6,14H,1-2H3,(H,11,12). The highest BCUT2D eigenvalue weighted by atomic mass is 32.1. The number of carboxylic acid groups (broad SMARTS) is 1. The molecule has 0 saturated heterocycles. The quantitative estimate of drug-likeness (QED) is 0.755. The Morgan fingerprint density at radius 3 is 2.29 bits per heavy atom. The molecule has 0 aromatic heterocycles. The highest BCUT2D eigenvalue weighted by Gasteiger charge is 2.29. The first-order valence-corrected chi connectivity index (χ1v) is 4.58. The molecule has 0 aliphatic carbocycles. The van der Waals surface area contributed by atoms with E-state index >= 15 is 0 Å². The molecule has 4 heteroatoms. The molecule has 0 atom stereocenters. The minimum absolute atomic E-state index is 0.523. The van der Waals surface area contributed by atoms with E-state index in [-0.39, 0.29) is 0 Å². The predicted molar refractivity (Wildman–Crippen MR) is 56.0 cm³/mol. The summed E-state index contributed by atoms with van der Waals surface area (Å²) in [5.41, 5.74) is -1.21. The molecule has 0 spiro atoms. The Morgan fingerprint density at radius 2 is 1.86 bits per heavy atom. The van der Waals surface area contributed by atoms with Gasteiger partial charge >= 0.3 is 5.97 Å². The van der Waals surface area contributed by atoms with Gasteiger partial charge in [-0.1, -0.05) is 0 Å². The average Bonchev–Trinajstić information content (AvgIpc) is 2.08. The Labute approximate surface area is 88.1 Å². The maximum atomic E-state index is 10.8. The van der Waals surface area contributed by atoms with E-state index < -0.39 is 11.6 Å². The minimum atomic E-state index is -1.21. The highest BCUT2D eigenvalue weighted by Crippen LogP contribution is 2.20. The third-order valence-electron chi connectivity index (χ3n) is 1.72. The van der Waals surface area contributed by atoms with Crippen LogP contribution in [0.3, 0.4) is 0 Å². The van der Waals surface area contributed by atoms with Crippen LogP contribution in [0.4, 0.5) is 0 Å². The van der Waals surface area contributed by atoms with Crippen LogP contribution < -0.4 is 4.74 Å². The highest BCUT2D eigenvalue weighted by molar-refractivity contribution is 7.80. The minimum Gasteiger partial charge on any atom is -0.478 e. The fourth-order valence-electron chi connectivity index (χ4n) is 0.852. The SMILES string of the molecule is CC(C)(Oc1ccc(S)cc1)C(=O)O. The summed E-state index contributed by atoms with van der Waals surface area (Å²) in [6.07, 6.45) is 0. The van der Waals surface area contributed by atoms with Crippen molar-refractivity contribution in [2.75, 3.05) is 0 Å². The number of rotatable bonds is 3. The molecule has 1 rings (SSSR count). The predicted octanol–water partition coefficient (Wildman–Crippen LogP) is 2.22. The van der Waals surface area contributed by atoms with E-state index in [1.54, 1.807) is 24.3 Å². The largest absolute Gasteiger partial charge is 0.478 e. The van der Waals surface area contributed by atoms with E-state index in [0.717, 1.165) is 4.90 Å². The monoisotopic (exact) mass is 212 g/mol. The van der Waals surface area contributed by atoms with E-state index in [0.29, 0.717) is 5.75 Å². The van der Waals surface area contributed by atoms with Gasteiger partial charge in [0.1, 0.15) is 5.75 Å². The fraction of sp³-hybridized carbons (Fsp3) is 0.300. The lowest BCUT2D eigenvalue weighted by atomic mass is 10.1. The summed E-state index contributed by atoms with van der Waals surface area (Å²) < 4.78 is 5.28. The molecule has 0 saturated carbocycles. The van der Waals surface area contributed by atoms with Crippen molar-refractivity contribution in [2.45, 2.75) is 24.3 Å². The fourth-order valence-corrected chi connectivity index (χ4v) is 1.00. The summed E-state index contributed by atoms with van der Waals surface area (Å²) in [7, 11) is 0. The van der Waals surface area contributed by atoms with Gasteiger partial charge in [0.15, 0.2) is 5.60 Å². The molecule has 1 N–H and O–H groups in total.